The lowest BCUT2D eigenvalue weighted by Gasteiger charge is -2.23. The molecule has 0 radical (unpaired) electrons. The van der Waals surface area contributed by atoms with Crippen molar-refractivity contribution in [1.29, 1.82) is 0 Å². The molecule has 5 nitrogen and oxygen atoms in total. The highest BCUT2D eigenvalue weighted by Crippen LogP contribution is 2.48. The van der Waals surface area contributed by atoms with E-state index in [0.29, 0.717) is 5.13 Å². The van der Waals surface area contributed by atoms with Crippen LogP contribution in [-0.2, 0) is 9.59 Å². The first-order valence-corrected chi connectivity index (χ1v) is 9.94. The number of carboxylic acid groups (broad SMARTS) is 1. The summed E-state index contributed by atoms with van der Waals surface area (Å²) in [5.74, 6) is -2.31. The zero-order chi connectivity index (χ0) is 19.3. The topological polar surface area (TPSA) is 79.3 Å². The standard InChI is InChI=1S/C21H22N2O3S/c1-10-4-5-15(8-11(10)2)18-12(3)27-21(22-18)23-19(24)16-13-6-7-14(9-13)17(16)20(25)26/h4-8,13-14,16-17H,9H2,1-3H3,(H,25,26)(H,22,23,24)/t13-,14-,16+,17+/m0/s1. The molecule has 4 rings (SSSR count). The normalized spacial score (nSPS) is 25.7. The molecule has 2 bridgehead atoms. The number of carbonyl (C=O) groups is 2. The number of allylic oxidation sites excluding steroid dienone is 2. The van der Waals surface area contributed by atoms with Gasteiger partial charge in [0, 0.05) is 10.4 Å². The maximum absolute atomic E-state index is 12.8. The second kappa shape index (κ2) is 6.60. The molecule has 0 aliphatic heterocycles. The number of amides is 1. The van der Waals surface area contributed by atoms with Gasteiger partial charge in [0.15, 0.2) is 5.13 Å². The number of nitrogens with zero attached hydrogens (tertiary/aromatic N) is 1. The van der Waals surface area contributed by atoms with E-state index in [-0.39, 0.29) is 17.7 Å². The van der Waals surface area contributed by atoms with E-state index >= 15 is 0 Å². The summed E-state index contributed by atoms with van der Waals surface area (Å²) in [6.45, 7) is 6.12. The highest BCUT2D eigenvalue weighted by molar-refractivity contribution is 7.16. The molecule has 1 amide bonds. The van der Waals surface area contributed by atoms with E-state index in [2.05, 4.69) is 36.3 Å². The lowest BCUT2D eigenvalue weighted by molar-refractivity contribution is -0.146. The van der Waals surface area contributed by atoms with Crippen molar-refractivity contribution in [3.63, 3.8) is 0 Å². The number of carbonyl (C=O) groups excluding carboxylic acids is 1. The summed E-state index contributed by atoms with van der Waals surface area (Å²) < 4.78 is 0. The van der Waals surface area contributed by atoms with E-state index in [1.54, 1.807) is 0 Å². The van der Waals surface area contributed by atoms with Gasteiger partial charge in [-0.2, -0.15) is 0 Å². The first-order chi connectivity index (χ1) is 12.8. The molecule has 140 valence electrons. The summed E-state index contributed by atoms with van der Waals surface area (Å²) in [4.78, 5) is 30.1. The molecule has 6 heteroatoms. The van der Waals surface area contributed by atoms with Gasteiger partial charge in [0.2, 0.25) is 5.91 Å². The summed E-state index contributed by atoms with van der Waals surface area (Å²) in [6, 6.07) is 6.21. The zero-order valence-corrected chi connectivity index (χ0v) is 16.3. The number of hydrogen-bond acceptors (Lipinski definition) is 4. The van der Waals surface area contributed by atoms with Gasteiger partial charge in [0.25, 0.3) is 0 Å². The Balaban J connectivity index is 1.57. The second-order valence-corrected chi connectivity index (χ2v) is 8.75. The predicted molar refractivity (Wildman–Crippen MR) is 106 cm³/mol. The van der Waals surface area contributed by atoms with Crippen LogP contribution in [0.5, 0.6) is 0 Å². The summed E-state index contributed by atoms with van der Waals surface area (Å²) in [7, 11) is 0. The molecule has 4 atom stereocenters. The van der Waals surface area contributed by atoms with E-state index in [0.717, 1.165) is 22.6 Å². The molecular formula is C21H22N2O3S. The lowest BCUT2D eigenvalue weighted by Crippen LogP contribution is -2.36. The summed E-state index contributed by atoms with van der Waals surface area (Å²) in [5, 5.41) is 13.0. The van der Waals surface area contributed by atoms with Crippen molar-refractivity contribution in [3.05, 3.63) is 46.4 Å². The molecular weight excluding hydrogens is 360 g/mol. The molecule has 1 heterocycles. The smallest absolute Gasteiger partial charge is 0.307 e. The largest absolute Gasteiger partial charge is 0.481 e. The monoisotopic (exact) mass is 382 g/mol. The molecule has 1 fully saturated rings. The van der Waals surface area contributed by atoms with Gasteiger partial charge in [-0.3, -0.25) is 9.59 Å². The van der Waals surface area contributed by atoms with Crippen LogP contribution < -0.4 is 5.32 Å². The molecule has 27 heavy (non-hydrogen) atoms. The number of hydrogen-bond donors (Lipinski definition) is 2. The number of fused-ring (bicyclic) bond motifs is 2. The van der Waals surface area contributed by atoms with Crippen molar-refractivity contribution in [2.75, 3.05) is 5.32 Å². The first-order valence-electron chi connectivity index (χ1n) is 9.12. The van der Waals surface area contributed by atoms with Crippen LogP contribution in [0.1, 0.15) is 22.4 Å². The van der Waals surface area contributed by atoms with E-state index < -0.39 is 17.8 Å². The number of aromatic nitrogens is 1. The molecule has 2 aliphatic rings. The number of thiazole rings is 1. The Morgan fingerprint density at radius 2 is 1.81 bits per heavy atom. The number of aryl methyl sites for hydroxylation is 3. The van der Waals surface area contributed by atoms with Gasteiger partial charge in [0.1, 0.15) is 0 Å². The summed E-state index contributed by atoms with van der Waals surface area (Å²) in [6.07, 6.45) is 4.68. The van der Waals surface area contributed by atoms with Crippen LogP contribution in [0.4, 0.5) is 5.13 Å². The summed E-state index contributed by atoms with van der Waals surface area (Å²) >= 11 is 1.43. The minimum Gasteiger partial charge on any atom is -0.481 e. The number of aliphatic carboxylic acids is 1. The molecule has 0 saturated heterocycles. The van der Waals surface area contributed by atoms with Gasteiger partial charge in [0.05, 0.1) is 17.5 Å². The van der Waals surface area contributed by atoms with Gasteiger partial charge in [-0.25, -0.2) is 4.98 Å². The third kappa shape index (κ3) is 3.08. The third-order valence-corrected chi connectivity index (χ3v) is 6.74. The van der Waals surface area contributed by atoms with Gasteiger partial charge in [-0.1, -0.05) is 24.3 Å². The molecule has 2 aromatic rings. The molecule has 1 aromatic carbocycles. The maximum Gasteiger partial charge on any atom is 0.307 e. The van der Waals surface area contributed by atoms with Crippen LogP contribution in [0, 0.1) is 44.4 Å². The number of anilines is 1. The van der Waals surface area contributed by atoms with Crippen molar-refractivity contribution >= 4 is 28.3 Å². The fourth-order valence-electron chi connectivity index (χ4n) is 4.31. The van der Waals surface area contributed by atoms with E-state index in [9.17, 15) is 14.7 Å². The minimum atomic E-state index is -0.891. The quantitative estimate of drug-likeness (QED) is 0.777. The van der Waals surface area contributed by atoms with Gasteiger partial charge in [-0.15, -0.1) is 11.3 Å². The Morgan fingerprint density at radius 1 is 1.11 bits per heavy atom. The fourth-order valence-corrected chi connectivity index (χ4v) is 5.15. The molecule has 1 saturated carbocycles. The highest BCUT2D eigenvalue weighted by Gasteiger charge is 2.51. The van der Waals surface area contributed by atoms with E-state index in [1.165, 1.54) is 22.5 Å². The average Bonchev–Trinajstić information content (AvgIpc) is 3.31. The Hall–Kier alpha value is -2.47. The lowest BCUT2D eigenvalue weighted by atomic mass is 9.82. The Bertz CT molecular complexity index is 962. The zero-order valence-electron chi connectivity index (χ0n) is 15.5. The summed E-state index contributed by atoms with van der Waals surface area (Å²) in [5.41, 5.74) is 4.31. The number of nitrogens with one attached hydrogen (secondary N) is 1. The highest BCUT2D eigenvalue weighted by atomic mass is 32.1. The SMILES string of the molecule is Cc1ccc(-c2nc(NC(=O)[C@H]3[C@H](C(=O)O)[C@H]4C=C[C@H]3C4)sc2C)cc1C. The Morgan fingerprint density at radius 3 is 2.48 bits per heavy atom. The molecule has 1 aromatic heterocycles. The predicted octanol–water partition coefficient (Wildman–Crippen LogP) is 4.20. The number of carboxylic acids is 1. The van der Waals surface area contributed by atoms with Gasteiger partial charge in [-0.05, 0) is 56.2 Å². The molecule has 2 aliphatic carbocycles. The van der Waals surface area contributed by atoms with Crippen molar-refractivity contribution < 1.29 is 14.7 Å². The van der Waals surface area contributed by atoms with Gasteiger partial charge >= 0.3 is 5.97 Å². The maximum atomic E-state index is 12.8. The Labute approximate surface area is 162 Å². The average molecular weight is 382 g/mol. The van der Waals surface area contributed by atoms with Crippen molar-refractivity contribution in [2.45, 2.75) is 27.2 Å². The molecule has 0 unspecified atom stereocenters. The minimum absolute atomic E-state index is 0.0105. The molecule has 0 spiro atoms. The third-order valence-electron chi connectivity index (χ3n) is 5.85. The Kier molecular flexibility index (Phi) is 4.38. The van der Waals surface area contributed by atoms with E-state index in [1.807, 2.05) is 25.1 Å². The van der Waals surface area contributed by atoms with Crippen LogP contribution in [0.15, 0.2) is 30.4 Å². The van der Waals surface area contributed by atoms with Gasteiger partial charge < -0.3 is 10.4 Å². The molecule has 2 N–H and O–H groups in total. The van der Waals surface area contributed by atoms with Crippen molar-refractivity contribution in [3.8, 4) is 11.3 Å². The van der Waals surface area contributed by atoms with Crippen LogP contribution in [0.2, 0.25) is 0 Å². The number of benzene rings is 1. The van der Waals surface area contributed by atoms with Crippen LogP contribution in [0.3, 0.4) is 0 Å². The van der Waals surface area contributed by atoms with Crippen LogP contribution >= 0.6 is 11.3 Å². The van der Waals surface area contributed by atoms with Crippen LogP contribution in [0.25, 0.3) is 11.3 Å². The number of rotatable bonds is 4. The fraction of sp³-hybridized carbons (Fsp3) is 0.381. The van der Waals surface area contributed by atoms with Crippen molar-refractivity contribution in [2.24, 2.45) is 23.7 Å². The van der Waals surface area contributed by atoms with Crippen LogP contribution in [-0.4, -0.2) is 22.0 Å². The van der Waals surface area contributed by atoms with Crippen molar-refractivity contribution in [1.82, 2.24) is 4.98 Å². The van der Waals surface area contributed by atoms with E-state index in [4.69, 9.17) is 0 Å². The first kappa shape index (κ1) is 17.9. The second-order valence-electron chi connectivity index (χ2n) is 7.55.